The van der Waals surface area contributed by atoms with Gasteiger partial charge in [0.05, 0.1) is 19.1 Å². The van der Waals surface area contributed by atoms with Crippen LogP contribution in [0.25, 0.3) is 17.1 Å². The first-order valence-electron chi connectivity index (χ1n) is 9.98. The van der Waals surface area contributed by atoms with E-state index in [0.717, 1.165) is 11.3 Å². The SMILES string of the molecule is COc1cc(/C=N\NC(=O)CSc2nnc(-c3ccncc3)n2-c2ccc(Cl)cc2)ccc1O. The number of phenolic OH excluding ortho intramolecular Hbond substituents is 1. The number of halogens is 1. The molecule has 2 N–H and O–H groups in total. The Balaban J connectivity index is 1.48. The van der Waals surface area contributed by atoms with E-state index in [0.29, 0.717) is 27.3 Å². The van der Waals surface area contributed by atoms with Crippen molar-refractivity contribution in [2.24, 2.45) is 5.10 Å². The molecular formula is C23H19ClN6O3S. The zero-order valence-electron chi connectivity index (χ0n) is 17.9. The first kappa shape index (κ1) is 23.3. The lowest BCUT2D eigenvalue weighted by molar-refractivity contribution is -0.118. The lowest BCUT2D eigenvalue weighted by Gasteiger charge is -2.10. The lowest BCUT2D eigenvalue weighted by atomic mass is 10.2. The number of amides is 1. The van der Waals surface area contributed by atoms with Gasteiger partial charge in [-0.2, -0.15) is 5.10 Å². The minimum Gasteiger partial charge on any atom is -0.504 e. The van der Waals surface area contributed by atoms with E-state index in [1.165, 1.54) is 31.2 Å². The molecule has 0 aliphatic carbocycles. The standard InChI is InChI=1S/C23H19ClN6O3S/c1-33-20-12-15(2-7-19(20)31)13-26-27-21(32)14-34-23-29-28-22(16-8-10-25-11-9-16)30(23)18-5-3-17(24)4-6-18/h2-13,31H,14H2,1H3,(H,27,32)/b26-13-. The maximum atomic E-state index is 12.4. The van der Waals surface area contributed by atoms with E-state index in [9.17, 15) is 9.90 Å². The van der Waals surface area contributed by atoms with E-state index in [1.54, 1.807) is 36.7 Å². The van der Waals surface area contributed by atoms with Crippen LogP contribution in [0.3, 0.4) is 0 Å². The summed E-state index contributed by atoms with van der Waals surface area (Å²) in [4.78, 5) is 16.4. The van der Waals surface area contributed by atoms with Crippen molar-refractivity contribution >= 4 is 35.5 Å². The Labute approximate surface area is 204 Å². The molecule has 0 spiro atoms. The number of hydrogen-bond acceptors (Lipinski definition) is 8. The third-order valence-corrected chi connectivity index (χ3v) is 5.78. The molecular weight excluding hydrogens is 476 g/mol. The molecule has 9 nitrogen and oxygen atoms in total. The second kappa shape index (κ2) is 10.8. The highest BCUT2D eigenvalue weighted by molar-refractivity contribution is 7.99. The maximum absolute atomic E-state index is 12.4. The summed E-state index contributed by atoms with van der Waals surface area (Å²) in [5, 5.41) is 23.4. The highest BCUT2D eigenvalue weighted by Crippen LogP contribution is 2.28. The van der Waals surface area contributed by atoms with Gasteiger partial charge in [-0.05, 0) is 60.2 Å². The Morgan fingerprint density at radius 2 is 1.94 bits per heavy atom. The van der Waals surface area contributed by atoms with Crippen LogP contribution in [0.1, 0.15) is 5.56 Å². The van der Waals surface area contributed by atoms with Crippen molar-refractivity contribution < 1.29 is 14.6 Å². The summed E-state index contributed by atoms with van der Waals surface area (Å²) in [6, 6.07) is 15.7. The van der Waals surface area contributed by atoms with E-state index in [4.69, 9.17) is 16.3 Å². The van der Waals surface area contributed by atoms with Crippen molar-refractivity contribution in [3.63, 3.8) is 0 Å². The molecule has 4 rings (SSSR count). The number of aromatic nitrogens is 4. The average molecular weight is 495 g/mol. The molecule has 4 aromatic rings. The summed E-state index contributed by atoms with van der Waals surface area (Å²) >= 11 is 7.28. The first-order valence-corrected chi connectivity index (χ1v) is 11.3. The van der Waals surface area contributed by atoms with E-state index in [1.807, 2.05) is 28.8 Å². The van der Waals surface area contributed by atoms with Crippen molar-refractivity contribution in [1.82, 2.24) is 25.2 Å². The summed E-state index contributed by atoms with van der Waals surface area (Å²) < 4.78 is 6.92. The first-order chi connectivity index (χ1) is 16.5. The van der Waals surface area contributed by atoms with Gasteiger partial charge >= 0.3 is 0 Å². The molecule has 0 unspecified atom stereocenters. The average Bonchev–Trinajstić information content (AvgIpc) is 3.29. The number of ether oxygens (including phenoxy) is 1. The van der Waals surface area contributed by atoms with Gasteiger partial charge < -0.3 is 9.84 Å². The number of methoxy groups -OCH3 is 1. The number of nitrogens with zero attached hydrogens (tertiary/aromatic N) is 5. The molecule has 0 aliphatic rings. The third-order valence-electron chi connectivity index (χ3n) is 4.60. The Morgan fingerprint density at radius 3 is 2.68 bits per heavy atom. The van der Waals surface area contributed by atoms with Crippen molar-refractivity contribution in [3.8, 4) is 28.6 Å². The van der Waals surface area contributed by atoms with Gasteiger partial charge in [-0.15, -0.1) is 10.2 Å². The highest BCUT2D eigenvalue weighted by Gasteiger charge is 2.17. The van der Waals surface area contributed by atoms with Crippen LogP contribution in [0.4, 0.5) is 0 Å². The van der Waals surface area contributed by atoms with Gasteiger partial charge in [0.1, 0.15) is 0 Å². The molecule has 0 bridgehead atoms. The number of carbonyl (C=O) groups is 1. The molecule has 11 heteroatoms. The number of pyridine rings is 1. The molecule has 0 saturated heterocycles. The van der Waals surface area contributed by atoms with Crippen molar-refractivity contribution in [2.75, 3.05) is 12.9 Å². The van der Waals surface area contributed by atoms with Gasteiger partial charge in [-0.3, -0.25) is 14.3 Å². The van der Waals surface area contributed by atoms with E-state index >= 15 is 0 Å². The minimum atomic E-state index is -0.317. The van der Waals surface area contributed by atoms with E-state index in [-0.39, 0.29) is 17.4 Å². The van der Waals surface area contributed by atoms with Crippen molar-refractivity contribution in [2.45, 2.75) is 5.16 Å². The van der Waals surface area contributed by atoms with Crippen LogP contribution >= 0.6 is 23.4 Å². The predicted molar refractivity (Wildman–Crippen MR) is 131 cm³/mol. The van der Waals surface area contributed by atoms with Crippen molar-refractivity contribution in [1.29, 1.82) is 0 Å². The predicted octanol–water partition coefficient (Wildman–Crippen LogP) is 3.94. The molecule has 2 aromatic carbocycles. The highest BCUT2D eigenvalue weighted by atomic mass is 35.5. The van der Waals surface area contributed by atoms with Crippen LogP contribution in [0.2, 0.25) is 5.02 Å². The molecule has 2 heterocycles. The second-order valence-corrected chi connectivity index (χ2v) is 8.25. The summed E-state index contributed by atoms with van der Waals surface area (Å²) in [5.41, 5.74) is 4.79. The number of thioether (sulfide) groups is 1. The molecule has 0 saturated carbocycles. The summed E-state index contributed by atoms with van der Waals surface area (Å²) in [7, 11) is 1.46. The van der Waals surface area contributed by atoms with Crippen LogP contribution in [-0.2, 0) is 4.79 Å². The Kier molecular flexibility index (Phi) is 7.41. The maximum Gasteiger partial charge on any atom is 0.250 e. The summed E-state index contributed by atoms with van der Waals surface area (Å²) in [6.45, 7) is 0. The fourth-order valence-corrected chi connectivity index (χ4v) is 3.86. The Hall–Kier alpha value is -3.89. The second-order valence-electron chi connectivity index (χ2n) is 6.87. The molecule has 34 heavy (non-hydrogen) atoms. The zero-order chi connectivity index (χ0) is 23.9. The van der Waals surface area contributed by atoms with Crippen LogP contribution in [0.15, 0.2) is 77.2 Å². The number of hydrogen-bond donors (Lipinski definition) is 2. The van der Waals surface area contributed by atoms with E-state index in [2.05, 4.69) is 25.7 Å². The summed E-state index contributed by atoms with van der Waals surface area (Å²) in [6.07, 6.45) is 4.82. The van der Waals surface area contributed by atoms with Crippen molar-refractivity contribution in [3.05, 3.63) is 77.6 Å². The molecule has 1 amide bonds. The van der Waals surface area contributed by atoms with Gasteiger partial charge in [0, 0.05) is 28.7 Å². The quantitative estimate of drug-likeness (QED) is 0.216. The fraction of sp³-hybridized carbons (Fsp3) is 0.0870. The van der Waals surface area contributed by atoms with Gasteiger partial charge in [-0.25, -0.2) is 5.43 Å². The van der Waals surface area contributed by atoms with Crippen LogP contribution < -0.4 is 10.2 Å². The monoisotopic (exact) mass is 494 g/mol. The molecule has 0 fully saturated rings. The normalized spacial score (nSPS) is 11.0. The number of hydrazone groups is 1. The van der Waals surface area contributed by atoms with Gasteiger partial charge in [0.2, 0.25) is 0 Å². The van der Waals surface area contributed by atoms with E-state index < -0.39 is 0 Å². The number of phenols is 1. The Bertz CT molecular complexity index is 1310. The van der Waals surface area contributed by atoms with Gasteiger partial charge in [0.15, 0.2) is 22.5 Å². The molecule has 2 aromatic heterocycles. The smallest absolute Gasteiger partial charge is 0.250 e. The topological polar surface area (TPSA) is 115 Å². The zero-order valence-corrected chi connectivity index (χ0v) is 19.5. The molecule has 0 aliphatic heterocycles. The number of nitrogens with one attached hydrogen (secondary N) is 1. The fourth-order valence-electron chi connectivity index (χ4n) is 2.99. The molecule has 172 valence electrons. The minimum absolute atomic E-state index is 0.0241. The number of rotatable bonds is 8. The van der Waals surface area contributed by atoms with Crippen LogP contribution in [0.5, 0.6) is 11.5 Å². The van der Waals surface area contributed by atoms with Gasteiger partial charge in [0.25, 0.3) is 5.91 Å². The number of benzene rings is 2. The Morgan fingerprint density at radius 1 is 1.18 bits per heavy atom. The number of aromatic hydroxyl groups is 1. The number of carbonyl (C=O) groups excluding carboxylic acids is 1. The molecule has 0 atom stereocenters. The lowest BCUT2D eigenvalue weighted by Crippen LogP contribution is -2.20. The van der Waals surface area contributed by atoms with Crippen LogP contribution in [-0.4, -0.2) is 49.8 Å². The largest absolute Gasteiger partial charge is 0.504 e. The molecule has 0 radical (unpaired) electrons. The van der Waals surface area contributed by atoms with Gasteiger partial charge in [-0.1, -0.05) is 23.4 Å². The van der Waals surface area contributed by atoms with Crippen LogP contribution in [0, 0.1) is 0 Å². The summed E-state index contributed by atoms with van der Waals surface area (Å²) in [5.74, 6) is 0.710. The third kappa shape index (κ3) is 5.53.